The fraction of sp³-hybridized carbons (Fsp3) is 0.320. The van der Waals surface area contributed by atoms with Crippen molar-refractivity contribution < 1.29 is 22.7 Å². The van der Waals surface area contributed by atoms with Crippen LogP contribution in [0.25, 0.3) is 22.7 Å². The van der Waals surface area contributed by atoms with E-state index in [1.807, 2.05) is 22.8 Å². The van der Waals surface area contributed by atoms with E-state index in [-0.39, 0.29) is 6.61 Å². The number of aryl methyl sites for hydroxylation is 1. The lowest BCUT2D eigenvalue weighted by Crippen LogP contribution is -2.39. The molecule has 0 amide bonds. The molecule has 1 unspecified atom stereocenters. The van der Waals surface area contributed by atoms with Crippen LogP contribution in [0.4, 0.5) is 8.78 Å². The van der Waals surface area contributed by atoms with E-state index in [4.69, 9.17) is 13.9 Å². The summed E-state index contributed by atoms with van der Waals surface area (Å²) in [7, 11) is 3.18. The Morgan fingerprint density at radius 2 is 1.94 bits per heavy atom. The van der Waals surface area contributed by atoms with Gasteiger partial charge in [0.15, 0.2) is 29.1 Å². The zero-order chi connectivity index (χ0) is 23.9. The highest BCUT2D eigenvalue weighted by Gasteiger charge is 2.42. The van der Waals surface area contributed by atoms with Gasteiger partial charge in [-0.05, 0) is 42.7 Å². The van der Waals surface area contributed by atoms with Crippen LogP contribution in [0.5, 0.6) is 5.75 Å². The molecular formula is C25H24F2N4O3. The Bertz CT molecular complexity index is 1350. The van der Waals surface area contributed by atoms with E-state index in [0.29, 0.717) is 47.6 Å². The molecule has 4 aromatic rings. The number of halogens is 2. The second-order valence-electron chi connectivity index (χ2n) is 8.41. The topological polar surface area (TPSA) is 75.2 Å². The second kappa shape index (κ2) is 8.64. The van der Waals surface area contributed by atoms with Gasteiger partial charge in [-0.1, -0.05) is 12.1 Å². The van der Waals surface area contributed by atoms with Crippen LogP contribution in [0, 0.1) is 18.6 Å². The maximum atomic E-state index is 14.2. The first-order chi connectivity index (χ1) is 16.5. The van der Waals surface area contributed by atoms with E-state index in [9.17, 15) is 8.78 Å². The number of hydrogen-bond donors (Lipinski definition) is 0. The van der Waals surface area contributed by atoms with Crippen molar-refractivity contribution in [3.63, 3.8) is 0 Å². The highest BCUT2D eigenvalue weighted by Crippen LogP contribution is 2.42. The average Bonchev–Trinajstić information content (AvgIpc) is 3.47. The number of nitrogens with zero attached hydrogens (tertiary/aromatic N) is 4. The number of benzene rings is 2. The third-order valence-electron chi connectivity index (χ3n) is 6.37. The lowest BCUT2D eigenvalue weighted by atomic mass is 9.74. The van der Waals surface area contributed by atoms with Crippen molar-refractivity contribution in [2.75, 3.05) is 20.8 Å². The standard InChI is InChI=1S/C25H24F2N4O3/c1-15-28-13-22(34-15)18-7-5-16(11-21(18)33-3)23-29-30-24-25(14-32-2,9-4-10-31(23)24)17-6-8-19(26)20(27)12-17/h5-8,11-13H,4,9-10,14H2,1-3H3. The zero-order valence-corrected chi connectivity index (χ0v) is 19.1. The summed E-state index contributed by atoms with van der Waals surface area (Å²) in [5.41, 5.74) is 1.46. The average molecular weight is 466 g/mol. The van der Waals surface area contributed by atoms with Crippen molar-refractivity contribution in [3.8, 4) is 28.5 Å². The number of methoxy groups -OCH3 is 2. The minimum absolute atomic E-state index is 0.267. The predicted octanol–water partition coefficient (Wildman–Crippen LogP) is 4.92. The molecule has 0 fully saturated rings. The molecule has 1 aliphatic rings. The van der Waals surface area contributed by atoms with Crippen LogP contribution >= 0.6 is 0 Å². The van der Waals surface area contributed by atoms with Crippen LogP contribution in [-0.4, -0.2) is 40.6 Å². The molecule has 3 heterocycles. The maximum Gasteiger partial charge on any atom is 0.191 e. The summed E-state index contributed by atoms with van der Waals surface area (Å²) in [6.45, 7) is 2.74. The third kappa shape index (κ3) is 3.56. The molecule has 34 heavy (non-hydrogen) atoms. The third-order valence-corrected chi connectivity index (χ3v) is 6.37. The molecule has 0 spiro atoms. The van der Waals surface area contributed by atoms with Gasteiger partial charge in [0.1, 0.15) is 11.6 Å². The molecule has 5 rings (SSSR count). The zero-order valence-electron chi connectivity index (χ0n) is 19.1. The molecule has 0 saturated heterocycles. The molecule has 0 radical (unpaired) electrons. The van der Waals surface area contributed by atoms with Crippen molar-refractivity contribution in [1.29, 1.82) is 0 Å². The van der Waals surface area contributed by atoms with Gasteiger partial charge in [-0.25, -0.2) is 13.8 Å². The Kier molecular flexibility index (Phi) is 5.65. The Hall–Kier alpha value is -3.59. The van der Waals surface area contributed by atoms with Gasteiger partial charge >= 0.3 is 0 Å². The van der Waals surface area contributed by atoms with Gasteiger partial charge < -0.3 is 18.5 Å². The van der Waals surface area contributed by atoms with Gasteiger partial charge in [-0.3, -0.25) is 0 Å². The van der Waals surface area contributed by atoms with Crippen molar-refractivity contribution in [3.05, 3.63) is 71.5 Å². The molecule has 0 saturated carbocycles. The number of rotatable bonds is 6. The van der Waals surface area contributed by atoms with Gasteiger partial charge in [0.25, 0.3) is 0 Å². The Labute approximate surface area is 195 Å². The summed E-state index contributed by atoms with van der Waals surface area (Å²) < 4.78 is 46.7. The number of aromatic nitrogens is 4. The van der Waals surface area contributed by atoms with Crippen molar-refractivity contribution in [2.45, 2.75) is 31.7 Å². The van der Waals surface area contributed by atoms with E-state index >= 15 is 0 Å². The minimum atomic E-state index is -0.896. The quantitative estimate of drug-likeness (QED) is 0.402. The van der Waals surface area contributed by atoms with Crippen LogP contribution in [0.15, 0.2) is 47.0 Å². The normalized spacial score (nSPS) is 17.6. The van der Waals surface area contributed by atoms with E-state index in [1.54, 1.807) is 33.4 Å². The Morgan fingerprint density at radius 1 is 1.09 bits per heavy atom. The summed E-state index contributed by atoms with van der Waals surface area (Å²) >= 11 is 0. The second-order valence-corrected chi connectivity index (χ2v) is 8.41. The molecule has 0 bridgehead atoms. The van der Waals surface area contributed by atoms with Crippen molar-refractivity contribution in [1.82, 2.24) is 19.7 Å². The SMILES string of the molecule is COCC1(c2ccc(F)c(F)c2)CCCn2c(-c3ccc(-c4cnc(C)o4)c(OC)c3)nnc21. The lowest BCUT2D eigenvalue weighted by Gasteiger charge is -2.37. The molecule has 0 aliphatic carbocycles. The molecule has 0 N–H and O–H groups in total. The number of fused-ring (bicyclic) bond motifs is 1. The van der Waals surface area contributed by atoms with Crippen LogP contribution < -0.4 is 4.74 Å². The number of hydrogen-bond acceptors (Lipinski definition) is 6. The van der Waals surface area contributed by atoms with E-state index < -0.39 is 17.0 Å². The minimum Gasteiger partial charge on any atom is -0.496 e. The number of ether oxygens (including phenoxy) is 2. The first kappa shape index (κ1) is 22.2. The fourth-order valence-corrected chi connectivity index (χ4v) is 4.79. The van der Waals surface area contributed by atoms with Gasteiger partial charge in [0.2, 0.25) is 0 Å². The summed E-state index contributed by atoms with van der Waals surface area (Å²) in [5, 5.41) is 9.01. The highest BCUT2D eigenvalue weighted by molar-refractivity contribution is 5.71. The highest BCUT2D eigenvalue weighted by atomic mass is 19.2. The smallest absolute Gasteiger partial charge is 0.191 e. The van der Waals surface area contributed by atoms with Gasteiger partial charge in [0.05, 0.1) is 30.9 Å². The monoisotopic (exact) mass is 466 g/mol. The van der Waals surface area contributed by atoms with E-state index in [2.05, 4.69) is 15.2 Å². The molecule has 2 aromatic heterocycles. The Balaban J connectivity index is 1.61. The summed E-state index contributed by atoms with van der Waals surface area (Å²) in [6.07, 6.45) is 3.14. The van der Waals surface area contributed by atoms with Crippen molar-refractivity contribution >= 4 is 0 Å². The van der Waals surface area contributed by atoms with E-state index in [0.717, 1.165) is 23.6 Å². The largest absolute Gasteiger partial charge is 0.496 e. The van der Waals surface area contributed by atoms with Crippen molar-refractivity contribution in [2.24, 2.45) is 0 Å². The van der Waals surface area contributed by atoms with Crippen LogP contribution in [0.1, 0.15) is 30.1 Å². The molecule has 9 heteroatoms. The summed E-state index contributed by atoms with van der Waals surface area (Å²) in [4.78, 5) is 4.16. The number of oxazole rings is 1. The molecular weight excluding hydrogens is 442 g/mol. The van der Waals surface area contributed by atoms with Gasteiger partial charge in [0, 0.05) is 26.1 Å². The van der Waals surface area contributed by atoms with Crippen LogP contribution in [-0.2, 0) is 16.7 Å². The van der Waals surface area contributed by atoms with Crippen LogP contribution in [0.3, 0.4) is 0 Å². The Morgan fingerprint density at radius 3 is 2.65 bits per heavy atom. The first-order valence-electron chi connectivity index (χ1n) is 11.0. The van der Waals surface area contributed by atoms with Gasteiger partial charge in [-0.15, -0.1) is 10.2 Å². The first-order valence-corrected chi connectivity index (χ1v) is 11.0. The summed E-state index contributed by atoms with van der Waals surface area (Å²) in [5.74, 6) is 1.34. The molecule has 1 aliphatic heterocycles. The van der Waals surface area contributed by atoms with E-state index in [1.165, 1.54) is 6.07 Å². The maximum absolute atomic E-state index is 14.2. The van der Waals surface area contributed by atoms with Gasteiger partial charge in [-0.2, -0.15) is 0 Å². The molecule has 7 nitrogen and oxygen atoms in total. The lowest BCUT2D eigenvalue weighted by molar-refractivity contribution is 0.127. The molecule has 1 atom stereocenters. The molecule has 2 aromatic carbocycles. The molecule has 176 valence electrons. The predicted molar refractivity (Wildman–Crippen MR) is 120 cm³/mol. The van der Waals surface area contributed by atoms with Crippen LogP contribution in [0.2, 0.25) is 0 Å². The fourth-order valence-electron chi connectivity index (χ4n) is 4.79. The summed E-state index contributed by atoms with van der Waals surface area (Å²) in [6, 6.07) is 9.68.